The summed E-state index contributed by atoms with van der Waals surface area (Å²) in [5.41, 5.74) is 3.41. The summed E-state index contributed by atoms with van der Waals surface area (Å²) < 4.78 is 11.1. The Labute approximate surface area is 150 Å². The summed E-state index contributed by atoms with van der Waals surface area (Å²) in [5, 5.41) is 4.87. The van der Waals surface area contributed by atoms with Crippen molar-refractivity contribution in [3.8, 4) is 22.6 Å². The predicted molar refractivity (Wildman–Crippen MR) is 99.9 cm³/mol. The van der Waals surface area contributed by atoms with Crippen LogP contribution in [0.1, 0.15) is 15.2 Å². The zero-order chi connectivity index (χ0) is 17.2. The lowest BCUT2D eigenvalue weighted by Gasteiger charge is -2.19. The van der Waals surface area contributed by atoms with Crippen LogP contribution < -0.4 is 14.8 Å². The van der Waals surface area contributed by atoms with Gasteiger partial charge in [0, 0.05) is 27.6 Å². The van der Waals surface area contributed by atoms with Crippen molar-refractivity contribution in [1.82, 2.24) is 0 Å². The van der Waals surface area contributed by atoms with Crippen molar-refractivity contribution in [3.63, 3.8) is 0 Å². The van der Waals surface area contributed by atoms with Crippen molar-refractivity contribution in [2.45, 2.75) is 6.92 Å². The third-order valence-corrected chi connectivity index (χ3v) is 4.99. The standard InChI is InChI=1S/C20H17NO3S/c1-13-19(14-5-3-2-4-6-14)16(12-25-13)20(22)21-15-7-8-17-18(11-15)24-10-9-23-17/h2-8,11-12H,9-10H2,1H3,(H,21,22). The number of rotatable bonds is 3. The van der Waals surface area contributed by atoms with Gasteiger partial charge in [0.05, 0.1) is 5.56 Å². The first-order valence-corrected chi connectivity index (χ1v) is 8.95. The Morgan fingerprint density at radius 1 is 1.04 bits per heavy atom. The van der Waals surface area contributed by atoms with E-state index >= 15 is 0 Å². The molecule has 1 aromatic heterocycles. The highest BCUT2D eigenvalue weighted by Gasteiger charge is 2.18. The van der Waals surface area contributed by atoms with Gasteiger partial charge in [0.15, 0.2) is 11.5 Å². The molecule has 0 radical (unpaired) electrons. The quantitative estimate of drug-likeness (QED) is 0.741. The van der Waals surface area contributed by atoms with E-state index in [2.05, 4.69) is 5.32 Å². The van der Waals surface area contributed by atoms with Gasteiger partial charge in [-0.25, -0.2) is 0 Å². The maximum atomic E-state index is 12.8. The van der Waals surface area contributed by atoms with E-state index in [1.54, 1.807) is 17.4 Å². The number of hydrogen-bond donors (Lipinski definition) is 1. The largest absolute Gasteiger partial charge is 0.486 e. The lowest BCUT2D eigenvalue weighted by Crippen LogP contribution is -2.16. The van der Waals surface area contributed by atoms with Gasteiger partial charge >= 0.3 is 0 Å². The average molecular weight is 351 g/mol. The Morgan fingerprint density at radius 3 is 2.60 bits per heavy atom. The molecule has 0 spiro atoms. The number of benzene rings is 2. The fraction of sp³-hybridized carbons (Fsp3) is 0.150. The molecule has 1 aliphatic heterocycles. The van der Waals surface area contributed by atoms with Gasteiger partial charge in [-0.1, -0.05) is 30.3 Å². The minimum Gasteiger partial charge on any atom is -0.486 e. The first-order valence-electron chi connectivity index (χ1n) is 8.07. The molecule has 0 bridgehead atoms. The molecule has 3 aromatic rings. The third-order valence-electron chi connectivity index (χ3n) is 4.08. The molecule has 5 heteroatoms. The summed E-state index contributed by atoms with van der Waals surface area (Å²) in [4.78, 5) is 13.9. The molecular weight excluding hydrogens is 334 g/mol. The molecular formula is C20H17NO3S. The van der Waals surface area contributed by atoms with E-state index in [1.807, 2.05) is 54.8 Å². The number of hydrogen-bond acceptors (Lipinski definition) is 4. The first kappa shape index (κ1) is 15.7. The Kier molecular flexibility index (Phi) is 4.15. The molecule has 0 atom stereocenters. The van der Waals surface area contributed by atoms with Crippen molar-refractivity contribution < 1.29 is 14.3 Å². The van der Waals surface area contributed by atoms with Gasteiger partial charge in [0.25, 0.3) is 5.91 Å². The number of fused-ring (bicyclic) bond motifs is 1. The lowest BCUT2D eigenvalue weighted by atomic mass is 10.0. The SMILES string of the molecule is Cc1scc(C(=O)Nc2ccc3c(c2)OCCO3)c1-c1ccccc1. The Morgan fingerprint density at radius 2 is 1.80 bits per heavy atom. The average Bonchev–Trinajstić information content (AvgIpc) is 3.04. The number of carbonyl (C=O) groups is 1. The molecule has 0 saturated heterocycles. The van der Waals surface area contributed by atoms with Crippen molar-refractivity contribution in [1.29, 1.82) is 0 Å². The van der Waals surface area contributed by atoms with Crippen molar-refractivity contribution in [3.05, 3.63) is 64.4 Å². The fourth-order valence-electron chi connectivity index (χ4n) is 2.90. The molecule has 0 saturated carbocycles. The van der Waals surface area contributed by atoms with Crippen LogP contribution in [0.3, 0.4) is 0 Å². The van der Waals surface area contributed by atoms with Gasteiger partial charge in [-0.2, -0.15) is 0 Å². The summed E-state index contributed by atoms with van der Waals surface area (Å²) in [6.07, 6.45) is 0. The number of aryl methyl sites for hydroxylation is 1. The molecule has 0 unspecified atom stereocenters. The van der Waals surface area contributed by atoms with Gasteiger partial charge in [-0.05, 0) is 24.6 Å². The summed E-state index contributed by atoms with van der Waals surface area (Å²) in [6, 6.07) is 15.4. The predicted octanol–water partition coefficient (Wildman–Crippen LogP) is 4.75. The lowest BCUT2D eigenvalue weighted by molar-refractivity contribution is 0.102. The molecule has 2 aromatic carbocycles. The van der Waals surface area contributed by atoms with Gasteiger partial charge in [0.1, 0.15) is 13.2 Å². The normalized spacial score (nSPS) is 12.7. The molecule has 1 aliphatic rings. The molecule has 4 rings (SSSR count). The van der Waals surface area contributed by atoms with Crippen molar-refractivity contribution in [2.75, 3.05) is 18.5 Å². The maximum Gasteiger partial charge on any atom is 0.257 e. The van der Waals surface area contributed by atoms with E-state index in [9.17, 15) is 4.79 Å². The van der Waals surface area contributed by atoms with Gasteiger partial charge in [0.2, 0.25) is 0 Å². The van der Waals surface area contributed by atoms with Crippen LogP contribution in [0, 0.1) is 6.92 Å². The highest BCUT2D eigenvalue weighted by atomic mass is 32.1. The van der Waals surface area contributed by atoms with Crippen LogP contribution >= 0.6 is 11.3 Å². The third kappa shape index (κ3) is 3.10. The Hall–Kier alpha value is -2.79. The zero-order valence-corrected chi connectivity index (χ0v) is 14.6. The van der Waals surface area contributed by atoms with Crippen LogP contribution in [-0.2, 0) is 0 Å². The molecule has 126 valence electrons. The molecule has 2 heterocycles. The zero-order valence-electron chi connectivity index (χ0n) is 13.7. The fourth-order valence-corrected chi connectivity index (χ4v) is 3.77. The van der Waals surface area contributed by atoms with Crippen LogP contribution in [0.4, 0.5) is 5.69 Å². The summed E-state index contributed by atoms with van der Waals surface area (Å²) in [7, 11) is 0. The second-order valence-corrected chi connectivity index (χ2v) is 6.84. The van der Waals surface area contributed by atoms with Crippen LogP contribution in [0.15, 0.2) is 53.9 Å². The van der Waals surface area contributed by atoms with Crippen LogP contribution in [-0.4, -0.2) is 19.1 Å². The van der Waals surface area contributed by atoms with E-state index < -0.39 is 0 Å². The molecule has 4 nitrogen and oxygen atoms in total. The first-order chi connectivity index (χ1) is 12.2. The number of carbonyl (C=O) groups excluding carboxylic acids is 1. The van der Waals surface area contributed by atoms with E-state index in [4.69, 9.17) is 9.47 Å². The van der Waals surface area contributed by atoms with Crippen LogP contribution in [0.5, 0.6) is 11.5 Å². The summed E-state index contributed by atoms with van der Waals surface area (Å²) in [6.45, 7) is 3.10. The molecule has 25 heavy (non-hydrogen) atoms. The smallest absolute Gasteiger partial charge is 0.257 e. The second kappa shape index (κ2) is 6.61. The number of anilines is 1. The van der Waals surface area contributed by atoms with Gasteiger partial charge in [-0.15, -0.1) is 11.3 Å². The maximum absolute atomic E-state index is 12.8. The van der Waals surface area contributed by atoms with Crippen molar-refractivity contribution >= 4 is 22.9 Å². The molecule has 1 N–H and O–H groups in total. The van der Waals surface area contributed by atoms with E-state index in [0.29, 0.717) is 36.0 Å². The molecule has 1 amide bonds. The summed E-state index contributed by atoms with van der Waals surface area (Å²) in [5.74, 6) is 1.24. The topological polar surface area (TPSA) is 47.6 Å². The van der Waals surface area contributed by atoms with Crippen LogP contribution in [0.25, 0.3) is 11.1 Å². The molecule has 0 fully saturated rings. The number of ether oxygens (including phenoxy) is 2. The van der Waals surface area contributed by atoms with Crippen molar-refractivity contribution in [2.24, 2.45) is 0 Å². The second-order valence-electron chi connectivity index (χ2n) is 5.76. The number of nitrogens with one attached hydrogen (secondary N) is 1. The Bertz CT molecular complexity index is 918. The minimum atomic E-state index is -0.125. The van der Waals surface area contributed by atoms with Crippen LogP contribution in [0.2, 0.25) is 0 Å². The highest BCUT2D eigenvalue weighted by molar-refractivity contribution is 7.10. The minimum absolute atomic E-state index is 0.125. The van der Waals surface area contributed by atoms with E-state index in [0.717, 1.165) is 16.0 Å². The van der Waals surface area contributed by atoms with E-state index in [1.165, 1.54) is 0 Å². The number of thiophene rings is 1. The summed E-state index contributed by atoms with van der Waals surface area (Å²) >= 11 is 1.58. The van der Waals surface area contributed by atoms with Gasteiger partial charge in [-0.3, -0.25) is 4.79 Å². The molecule has 0 aliphatic carbocycles. The van der Waals surface area contributed by atoms with Gasteiger partial charge < -0.3 is 14.8 Å². The number of amides is 1. The van der Waals surface area contributed by atoms with E-state index in [-0.39, 0.29) is 5.91 Å². The Balaban J connectivity index is 1.62. The highest BCUT2D eigenvalue weighted by Crippen LogP contribution is 2.35. The monoisotopic (exact) mass is 351 g/mol.